The first-order chi connectivity index (χ1) is 14.1. The van der Waals surface area contributed by atoms with Crippen LogP contribution in [0.2, 0.25) is 0 Å². The van der Waals surface area contributed by atoms with Crippen molar-refractivity contribution in [2.45, 2.75) is 23.8 Å². The van der Waals surface area contributed by atoms with Gasteiger partial charge in [0.25, 0.3) is 0 Å². The van der Waals surface area contributed by atoms with E-state index in [2.05, 4.69) is 4.90 Å². The molecule has 2 saturated heterocycles. The summed E-state index contributed by atoms with van der Waals surface area (Å²) >= 11 is 0. The predicted molar refractivity (Wildman–Crippen MR) is 112 cm³/mol. The molecule has 2 aliphatic heterocycles. The molecular formula is C22H27N3O3S. The van der Waals surface area contributed by atoms with Gasteiger partial charge in [0.05, 0.1) is 4.90 Å². The summed E-state index contributed by atoms with van der Waals surface area (Å²) in [6, 6.07) is 18.0. The second-order valence-electron chi connectivity index (χ2n) is 7.60. The van der Waals surface area contributed by atoms with E-state index in [9.17, 15) is 13.2 Å². The van der Waals surface area contributed by atoms with Crippen LogP contribution >= 0.6 is 0 Å². The highest BCUT2D eigenvalue weighted by atomic mass is 32.2. The van der Waals surface area contributed by atoms with E-state index in [0.717, 1.165) is 31.5 Å². The smallest absolute Gasteiger partial charge is 0.244 e. The van der Waals surface area contributed by atoms with Crippen LogP contribution in [0.15, 0.2) is 65.6 Å². The molecule has 0 aliphatic carbocycles. The molecule has 154 valence electrons. The Morgan fingerprint density at radius 1 is 0.759 bits per heavy atom. The van der Waals surface area contributed by atoms with Crippen LogP contribution in [0.1, 0.15) is 24.4 Å². The van der Waals surface area contributed by atoms with Gasteiger partial charge in [0, 0.05) is 39.3 Å². The number of sulfonamides is 1. The summed E-state index contributed by atoms with van der Waals surface area (Å²) in [5, 5.41) is 0. The van der Waals surface area contributed by atoms with Gasteiger partial charge >= 0.3 is 0 Å². The molecular weight excluding hydrogens is 386 g/mol. The van der Waals surface area contributed by atoms with Crippen LogP contribution in [-0.2, 0) is 14.8 Å². The maximum absolute atomic E-state index is 13.3. The van der Waals surface area contributed by atoms with E-state index >= 15 is 0 Å². The Hall–Kier alpha value is -2.22. The average molecular weight is 414 g/mol. The molecule has 0 bridgehead atoms. The van der Waals surface area contributed by atoms with Gasteiger partial charge in [-0.05, 0) is 30.5 Å². The number of likely N-dealkylation sites (tertiary alicyclic amines) is 1. The summed E-state index contributed by atoms with van der Waals surface area (Å²) in [5.74, 6) is 0.132. The number of nitrogens with zero attached hydrogens (tertiary/aromatic N) is 3. The fourth-order valence-electron chi connectivity index (χ4n) is 4.20. The molecule has 2 aromatic rings. The molecule has 2 aromatic carbocycles. The minimum Gasteiger partial charge on any atom is -0.341 e. The van der Waals surface area contributed by atoms with E-state index in [-0.39, 0.29) is 11.9 Å². The summed E-state index contributed by atoms with van der Waals surface area (Å²) in [6.07, 6.45) is 2.10. The number of carbonyl (C=O) groups is 1. The number of piperazine rings is 1. The van der Waals surface area contributed by atoms with Crippen molar-refractivity contribution in [3.8, 4) is 0 Å². The number of hydrogen-bond donors (Lipinski definition) is 0. The van der Waals surface area contributed by atoms with Gasteiger partial charge in [-0.15, -0.1) is 0 Å². The topological polar surface area (TPSA) is 60.9 Å². The number of carbonyl (C=O) groups excluding carboxylic acids is 1. The Labute approximate surface area is 172 Å². The van der Waals surface area contributed by atoms with Gasteiger partial charge < -0.3 is 4.90 Å². The molecule has 1 amide bonds. The standard InChI is InChI=1S/C22H27N3O3S/c26-22(24-13-7-8-14-24)21(19-9-3-1-4-10-19)23-15-17-25(18-16-23)29(27,28)20-11-5-2-6-12-20/h1-6,9-12,21H,7-8,13-18H2/t21-/m0/s1. The van der Waals surface area contributed by atoms with E-state index in [1.54, 1.807) is 24.3 Å². The monoisotopic (exact) mass is 413 g/mol. The van der Waals surface area contributed by atoms with Crippen LogP contribution in [0.5, 0.6) is 0 Å². The van der Waals surface area contributed by atoms with E-state index < -0.39 is 10.0 Å². The van der Waals surface area contributed by atoms with Crippen molar-refractivity contribution in [1.29, 1.82) is 0 Å². The van der Waals surface area contributed by atoms with Crippen molar-refractivity contribution < 1.29 is 13.2 Å². The van der Waals surface area contributed by atoms with Crippen molar-refractivity contribution in [3.05, 3.63) is 66.2 Å². The zero-order valence-electron chi connectivity index (χ0n) is 16.5. The Morgan fingerprint density at radius 3 is 1.90 bits per heavy atom. The molecule has 2 aliphatic rings. The fraction of sp³-hybridized carbons (Fsp3) is 0.409. The fourth-order valence-corrected chi connectivity index (χ4v) is 5.64. The maximum Gasteiger partial charge on any atom is 0.244 e. The van der Waals surface area contributed by atoms with Crippen molar-refractivity contribution in [1.82, 2.24) is 14.1 Å². The molecule has 2 fully saturated rings. The molecule has 6 nitrogen and oxygen atoms in total. The van der Waals surface area contributed by atoms with Crippen LogP contribution in [0.4, 0.5) is 0 Å². The number of rotatable bonds is 5. The molecule has 0 unspecified atom stereocenters. The summed E-state index contributed by atoms with van der Waals surface area (Å²) in [5.41, 5.74) is 0.976. The first kappa shape index (κ1) is 20.1. The van der Waals surface area contributed by atoms with Crippen LogP contribution in [0.25, 0.3) is 0 Å². The largest absolute Gasteiger partial charge is 0.341 e. The van der Waals surface area contributed by atoms with E-state index in [4.69, 9.17) is 0 Å². The third-order valence-electron chi connectivity index (χ3n) is 5.79. The molecule has 0 radical (unpaired) electrons. The minimum absolute atomic E-state index is 0.132. The third kappa shape index (κ3) is 4.22. The van der Waals surface area contributed by atoms with Crippen LogP contribution in [0, 0.1) is 0 Å². The average Bonchev–Trinajstić information content (AvgIpc) is 3.31. The third-order valence-corrected chi connectivity index (χ3v) is 7.70. The van der Waals surface area contributed by atoms with Crippen molar-refractivity contribution >= 4 is 15.9 Å². The van der Waals surface area contributed by atoms with Gasteiger partial charge in [-0.1, -0.05) is 48.5 Å². The summed E-state index contributed by atoms with van der Waals surface area (Å²) < 4.78 is 27.3. The van der Waals surface area contributed by atoms with Crippen LogP contribution in [0.3, 0.4) is 0 Å². The van der Waals surface area contributed by atoms with Crippen LogP contribution < -0.4 is 0 Å². The maximum atomic E-state index is 13.3. The lowest BCUT2D eigenvalue weighted by atomic mass is 10.0. The molecule has 7 heteroatoms. The molecule has 1 atom stereocenters. The molecule has 0 saturated carbocycles. The van der Waals surface area contributed by atoms with E-state index in [0.29, 0.717) is 31.1 Å². The van der Waals surface area contributed by atoms with Gasteiger partial charge in [0.15, 0.2) is 0 Å². The quantitative estimate of drug-likeness (QED) is 0.755. The van der Waals surface area contributed by atoms with E-state index in [1.165, 1.54) is 4.31 Å². The Morgan fingerprint density at radius 2 is 1.31 bits per heavy atom. The van der Waals surface area contributed by atoms with Gasteiger partial charge in [-0.25, -0.2) is 8.42 Å². The summed E-state index contributed by atoms with van der Waals surface area (Å²) in [6.45, 7) is 3.45. The van der Waals surface area contributed by atoms with E-state index in [1.807, 2.05) is 41.3 Å². The van der Waals surface area contributed by atoms with Crippen molar-refractivity contribution in [3.63, 3.8) is 0 Å². The lowest BCUT2D eigenvalue weighted by molar-refractivity contribution is -0.136. The summed E-state index contributed by atoms with van der Waals surface area (Å²) in [7, 11) is -3.50. The second-order valence-corrected chi connectivity index (χ2v) is 9.54. The van der Waals surface area contributed by atoms with Gasteiger partial charge in [0.1, 0.15) is 6.04 Å². The Balaban J connectivity index is 1.52. The highest BCUT2D eigenvalue weighted by Crippen LogP contribution is 2.27. The molecule has 0 aromatic heterocycles. The predicted octanol–water partition coefficient (Wildman–Crippen LogP) is 2.36. The molecule has 2 heterocycles. The summed E-state index contributed by atoms with van der Waals surface area (Å²) in [4.78, 5) is 17.7. The van der Waals surface area contributed by atoms with Gasteiger partial charge in [0.2, 0.25) is 15.9 Å². The number of amides is 1. The minimum atomic E-state index is -3.50. The zero-order chi connectivity index (χ0) is 20.3. The van der Waals surface area contributed by atoms with Crippen molar-refractivity contribution in [2.75, 3.05) is 39.3 Å². The van der Waals surface area contributed by atoms with Crippen molar-refractivity contribution in [2.24, 2.45) is 0 Å². The second kappa shape index (κ2) is 8.65. The Kier molecular flexibility index (Phi) is 5.99. The first-order valence-electron chi connectivity index (χ1n) is 10.2. The first-order valence-corrected chi connectivity index (χ1v) is 11.6. The molecule has 0 N–H and O–H groups in total. The SMILES string of the molecule is O=C([C@H](c1ccccc1)N1CCN(S(=O)(=O)c2ccccc2)CC1)N1CCCC1. The molecule has 29 heavy (non-hydrogen) atoms. The van der Waals surface area contributed by atoms with Crippen LogP contribution in [-0.4, -0.2) is 67.7 Å². The highest BCUT2D eigenvalue weighted by Gasteiger charge is 2.36. The highest BCUT2D eigenvalue weighted by molar-refractivity contribution is 7.89. The number of benzene rings is 2. The lowest BCUT2D eigenvalue weighted by Crippen LogP contribution is -2.52. The van der Waals surface area contributed by atoms with Gasteiger partial charge in [-0.3, -0.25) is 9.69 Å². The zero-order valence-corrected chi connectivity index (χ0v) is 17.3. The number of hydrogen-bond acceptors (Lipinski definition) is 4. The lowest BCUT2D eigenvalue weighted by Gasteiger charge is -2.39. The normalized spacial score (nSPS) is 19.9. The van der Waals surface area contributed by atoms with Gasteiger partial charge in [-0.2, -0.15) is 4.31 Å². The molecule has 0 spiro atoms. The molecule has 4 rings (SSSR count). The Bertz CT molecular complexity index is 920.